The summed E-state index contributed by atoms with van der Waals surface area (Å²) >= 11 is 0. The predicted octanol–water partition coefficient (Wildman–Crippen LogP) is 4.84. The maximum Gasteiger partial charge on any atom is 0.239 e. The Balaban J connectivity index is 0.000000284. The molecule has 0 aliphatic carbocycles. The largest absolute Gasteiger partial charge is 0.342 e. The smallest absolute Gasteiger partial charge is 0.239 e. The summed E-state index contributed by atoms with van der Waals surface area (Å²) < 4.78 is 0. The molecule has 1 aromatic carbocycles. The van der Waals surface area contributed by atoms with Crippen molar-refractivity contribution in [2.75, 3.05) is 0 Å². The molecule has 1 heterocycles. The first-order valence-corrected chi connectivity index (χ1v) is 8.78. The highest BCUT2D eigenvalue weighted by Gasteiger charge is 2.01. The minimum absolute atomic E-state index is 0.0749. The van der Waals surface area contributed by atoms with Crippen molar-refractivity contribution in [2.24, 2.45) is 5.10 Å². The Kier molecular flexibility index (Phi) is 9.39. The molecule has 0 radical (unpaired) electrons. The summed E-state index contributed by atoms with van der Waals surface area (Å²) in [6.45, 7) is 11.3. The molecular weight excluding hydrogens is 324 g/mol. The number of hydrogen-bond acceptors (Lipinski definition) is 3. The van der Waals surface area contributed by atoms with Gasteiger partial charge in [-0.1, -0.05) is 56.9 Å². The van der Waals surface area contributed by atoms with Crippen molar-refractivity contribution in [1.82, 2.24) is 15.4 Å². The van der Waals surface area contributed by atoms with Crippen LogP contribution < -0.4 is 5.43 Å². The van der Waals surface area contributed by atoms with E-state index in [1.165, 1.54) is 0 Å². The number of carbonyl (C=O) groups excluding carboxylic acids is 1. The van der Waals surface area contributed by atoms with Crippen LogP contribution in [0.4, 0.5) is 0 Å². The molecule has 0 spiro atoms. The number of nitrogens with zero attached hydrogens (tertiary/aromatic N) is 2. The average molecular weight is 352 g/mol. The Morgan fingerprint density at radius 1 is 1.31 bits per heavy atom. The summed E-state index contributed by atoms with van der Waals surface area (Å²) in [5.41, 5.74) is 6.54. The molecule has 138 valence electrons. The Morgan fingerprint density at radius 2 is 2.04 bits per heavy atom. The van der Waals surface area contributed by atoms with Crippen LogP contribution in [0.1, 0.15) is 39.4 Å². The molecule has 0 atom stereocenters. The molecule has 5 nitrogen and oxygen atoms in total. The first-order chi connectivity index (χ1) is 12.5. The summed E-state index contributed by atoms with van der Waals surface area (Å²) in [5, 5.41) is 4.10. The van der Waals surface area contributed by atoms with Crippen molar-refractivity contribution in [3.05, 3.63) is 66.5 Å². The number of H-pyrrole nitrogens is 1. The lowest BCUT2D eigenvalue weighted by molar-refractivity contribution is -0.120. The maximum atomic E-state index is 11.1. The van der Waals surface area contributed by atoms with Crippen LogP contribution in [-0.2, 0) is 4.79 Å². The molecular formula is C21H28N4O. The number of fused-ring (bicyclic) bond motifs is 1. The van der Waals surface area contributed by atoms with Gasteiger partial charge in [0.1, 0.15) is 5.82 Å². The van der Waals surface area contributed by atoms with E-state index in [9.17, 15) is 4.79 Å². The number of aryl methyl sites for hydroxylation is 1. The zero-order valence-corrected chi connectivity index (χ0v) is 16.0. The average Bonchev–Trinajstić information content (AvgIpc) is 3.04. The molecule has 0 saturated carbocycles. The fourth-order valence-electron chi connectivity index (χ4n) is 2.17. The number of para-hydroxylation sites is 2. The molecule has 0 aliphatic heterocycles. The summed E-state index contributed by atoms with van der Waals surface area (Å²) in [4.78, 5) is 18.5. The Hall–Kier alpha value is -2.95. The van der Waals surface area contributed by atoms with Crippen LogP contribution in [-0.4, -0.2) is 21.6 Å². The van der Waals surface area contributed by atoms with Crippen LogP contribution in [0, 0.1) is 6.92 Å². The molecule has 0 bridgehead atoms. The van der Waals surface area contributed by atoms with E-state index in [0.717, 1.165) is 34.6 Å². The van der Waals surface area contributed by atoms with E-state index in [-0.39, 0.29) is 5.91 Å². The van der Waals surface area contributed by atoms with Gasteiger partial charge in [0.25, 0.3) is 0 Å². The van der Waals surface area contributed by atoms with Crippen molar-refractivity contribution in [3.8, 4) is 0 Å². The number of hydrogen-bond donors (Lipinski definition) is 2. The van der Waals surface area contributed by atoms with E-state index in [1.807, 2.05) is 63.3 Å². The molecule has 0 unspecified atom stereocenters. The summed E-state index contributed by atoms with van der Waals surface area (Å²) in [6, 6.07) is 8.01. The van der Waals surface area contributed by atoms with Crippen molar-refractivity contribution < 1.29 is 4.79 Å². The lowest BCUT2D eigenvalue weighted by atomic mass is 10.1. The number of allylic oxidation sites excluding steroid dienone is 5. The molecule has 26 heavy (non-hydrogen) atoms. The minimum atomic E-state index is -0.0749. The summed E-state index contributed by atoms with van der Waals surface area (Å²) in [5.74, 6) is 0.898. The van der Waals surface area contributed by atoms with Crippen molar-refractivity contribution in [2.45, 2.75) is 40.5 Å². The lowest BCUT2D eigenvalue weighted by Crippen LogP contribution is -2.18. The van der Waals surface area contributed by atoms with Gasteiger partial charge in [-0.3, -0.25) is 4.79 Å². The van der Waals surface area contributed by atoms with Gasteiger partial charge in [-0.05, 0) is 38.0 Å². The number of amides is 1. The number of nitrogens with one attached hydrogen (secondary N) is 2. The zero-order valence-electron chi connectivity index (χ0n) is 16.0. The number of aromatic nitrogens is 2. The molecule has 5 heteroatoms. The van der Waals surface area contributed by atoms with Gasteiger partial charge >= 0.3 is 0 Å². The number of imidazole rings is 1. The number of hydrazone groups is 1. The molecule has 2 N–H and O–H groups in total. The first-order valence-electron chi connectivity index (χ1n) is 8.78. The van der Waals surface area contributed by atoms with Crippen molar-refractivity contribution >= 4 is 22.7 Å². The van der Waals surface area contributed by atoms with E-state index < -0.39 is 0 Å². The zero-order chi connectivity index (χ0) is 19.4. The Labute approximate surface area is 155 Å². The molecule has 0 aliphatic rings. The SMILES string of the molecule is C=C\C=C/C(=C\C)C(/CC)=N\NC(=O)CC.Cc1nc2ccccc2[nH]1. The molecule has 2 aromatic rings. The summed E-state index contributed by atoms with van der Waals surface area (Å²) in [7, 11) is 0. The van der Waals surface area contributed by atoms with Crippen LogP contribution in [0.25, 0.3) is 11.0 Å². The van der Waals surface area contributed by atoms with Gasteiger partial charge in [0.05, 0.1) is 16.7 Å². The van der Waals surface area contributed by atoms with Crippen LogP contribution in [0.5, 0.6) is 0 Å². The third kappa shape index (κ3) is 6.89. The molecule has 0 saturated heterocycles. The van der Waals surface area contributed by atoms with Gasteiger partial charge in [0, 0.05) is 6.42 Å². The van der Waals surface area contributed by atoms with Gasteiger partial charge in [-0.15, -0.1) is 0 Å². The fourth-order valence-corrected chi connectivity index (χ4v) is 2.17. The van der Waals surface area contributed by atoms with E-state index in [4.69, 9.17) is 0 Å². The Bertz CT molecular complexity index is 779. The minimum Gasteiger partial charge on any atom is -0.342 e. The number of aromatic amines is 1. The van der Waals surface area contributed by atoms with E-state index in [2.05, 4.69) is 27.1 Å². The maximum absolute atomic E-state index is 11.1. The topological polar surface area (TPSA) is 70.1 Å². The third-order valence-corrected chi connectivity index (χ3v) is 3.54. The van der Waals surface area contributed by atoms with Crippen LogP contribution in [0.2, 0.25) is 0 Å². The fraction of sp³-hybridized carbons (Fsp3) is 0.286. The number of rotatable bonds is 6. The highest BCUT2D eigenvalue weighted by atomic mass is 16.2. The van der Waals surface area contributed by atoms with Crippen LogP contribution in [0.3, 0.4) is 0 Å². The van der Waals surface area contributed by atoms with Gasteiger partial charge in [0.15, 0.2) is 0 Å². The van der Waals surface area contributed by atoms with Crippen LogP contribution in [0.15, 0.2) is 65.8 Å². The lowest BCUT2D eigenvalue weighted by Gasteiger charge is -2.04. The molecule has 0 fully saturated rings. The van der Waals surface area contributed by atoms with Crippen molar-refractivity contribution in [1.29, 1.82) is 0 Å². The Morgan fingerprint density at radius 3 is 2.62 bits per heavy atom. The third-order valence-electron chi connectivity index (χ3n) is 3.54. The van der Waals surface area contributed by atoms with E-state index >= 15 is 0 Å². The second kappa shape index (κ2) is 11.6. The van der Waals surface area contributed by atoms with Gasteiger partial charge in [-0.25, -0.2) is 10.4 Å². The first kappa shape index (κ1) is 21.1. The van der Waals surface area contributed by atoms with Gasteiger partial charge < -0.3 is 4.98 Å². The molecule has 1 aromatic heterocycles. The highest BCUT2D eigenvalue weighted by Crippen LogP contribution is 2.08. The van der Waals surface area contributed by atoms with E-state index in [0.29, 0.717) is 6.42 Å². The van der Waals surface area contributed by atoms with E-state index in [1.54, 1.807) is 13.0 Å². The predicted molar refractivity (Wildman–Crippen MR) is 110 cm³/mol. The monoisotopic (exact) mass is 352 g/mol. The highest BCUT2D eigenvalue weighted by molar-refractivity contribution is 6.02. The number of benzene rings is 1. The quantitative estimate of drug-likeness (QED) is 0.444. The van der Waals surface area contributed by atoms with Gasteiger partial charge in [-0.2, -0.15) is 5.10 Å². The normalized spacial score (nSPS) is 12.0. The van der Waals surface area contributed by atoms with Crippen LogP contribution >= 0.6 is 0 Å². The van der Waals surface area contributed by atoms with Crippen molar-refractivity contribution in [3.63, 3.8) is 0 Å². The second-order valence-electron chi connectivity index (χ2n) is 5.48. The summed E-state index contributed by atoms with van der Waals surface area (Å²) in [6.07, 6.45) is 8.65. The number of carbonyl (C=O) groups is 1. The molecule has 1 amide bonds. The second-order valence-corrected chi connectivity index (χ2v) is 5.48. The standard InChI is InChI=1S/C13H20N2O.C8H8N2/c1-5-9-10-11(6-2)12(7-3)14-15-13(16)8-4;1-6-9-7-4-2-3-5-8(7)10-6/h5-6,9-10H,1,7-8H2,2-4H3,(H,15,16);2-5H,1H3,(H,9,10)/b10-9-,11-6+,14-12-;. The van der Waals surface area contributed by atoms with Gasteiger partial charge in [0.2, 0.25) is 5.91 Å². The molecule has 2 rings (SSSR count).